The molecule has 0 aliphatic heterocycles. The van der Waals surface area contributed by atoms with E-state index in [0.717, 1.165) is 0 Å². The van der Waals surface area contributed by atoms with E-state index < -0.39 is 0 Å². The second kappa shape index (κ2) is 2.70. The standard InChI is InChI=1S/C6H8N2OS/c1-9-6-2-5(10)4(7)3-8-6/h2-3H,7H2,1H3,(H,8,10). The maximum atomic E-state index is 5.45. The van der Waals surface area contributed by atoms with Gasteiger partial charge in [-0.3, -0.25) is 0 Å². The molecular formula is C6H8N2OS. The van der Waals surface area contributed by atoms with Crippen LogP contribution in [0.3, 0.4) is 0 Å². The van der Waals surface area contributed by atoms with Crippen molar-refractivity contribution in [3.8, 4) is 5.88 Å². The molecule has 1 heterocycles. The number of anilines is 1. The minimum absolute atomic E-state index is 0.566. The Balaban J connectivity index is 3.17. The van der Waals surface area contributed by atoms with Crippen molar-refractivity contribution >= 4 is 17.9 Å². The summed E-state index contributed by atoms with van der Waals surface area (Å²) in [5.41, 5.74) is 6.02. The molecule has 0 spiro atoms. The summed E-state index contributed by atoms with van der Waals surface area (Å²) in [7, 11) is 1.57. The summed E-state index contributed by atoms with van der Waals surface area (Å²) in [6.45, 7) is 0. The predicted molar refractivity (Wildman–Crippen MR) is 42.6 cm³/mol. The SMILES string of the molecule is COc1cc(=S)c(N)c[nH]1. The van der Waals surface area contributed by atoms with Crippen LogP contribution in [-0.2, 0) is 0 Å². The summed E-state index contributed by atoms with van der Waals surface area (Å²) in [4.78, 5) is 2.81. The van der Waals surface area contributed by atoms with Crippen molar-refractivity contribution in [1.82, 2.24) is 4.98 Å². The fraction of sp³-hybridized carbons (Fsp3) is 0.167. The van der Waals surface area contributed by atoms with Gasteiger partial charge in [-0.15, -0.1) is 0 Å². The lowest BCUT2D eigenvalue weighted by Crippen LogP contribution is -1.90. The summed E-state index contributed by atoms with van der Waals surface area (Å²) in [5.74, 6) is 0.624. The van der Waals surface area contributed by atoms with Gasteiger partial charge in [-0.05, 0) is 0 Å². The van der Waals surface area contributed by atoms with Crippen molar-refractivity contribution in [2.75, 3.05) is 12.8 Å². The average Bonchev–Trinajstić information content (AvgIpc) is 1.95. The van der Waals surface area contributed by atoms with Crippen LogP contribution < -0.4 is 10.5 Å². The van der Waals surface area contributed by atoms with Crippen molar-refractivity contribution in [1.29, 1.82) is 0 Å². The Morgan fingerprint density at radius 1 is 1.70 bits per heavy atom. The van der Waals surface area contributed by atoms with Crippen LogP contribution in [0.4, 0.5) is 5.69 Å². The molecule has 0 amide bonds. The zero-order valence-electron chi connectivity index (χ0n) is 5.55. The van der Waals surface area contributed by atoms with Gasteiger partial charge in [-0.2, -0.15) is 0 Å². The molecule has 1 aromatic rings. The van der Waals surface area contributed by atoms with Crippen LogP contribution in [0.15, 0.2) is 12.3 Å². The Morgan fingerprint density at radius 3 is 2.90 bits per heavy atom. The Labute approximate surface area is 63.8 Å². The van der Waals surface area contributed by atoms with Crippen molar-refractivity contribution in [3.63, 3.8) is 0 Å². The second-order valence-corrected chi connectivity index (χ2v) is 2.26. The van der Waals surface area contributed by atoms with Gasteiger partial charge in [0.25, 0.3) is 0 Å². The largest absolute Gasteiger partial charge is 0.482 e. The third kappa shape index (κ3) is 1.27. The number of pyridine rings is 1. The highest BCUT2D eigenvalue weighted by Crippen LogP contribution is 2.10. The maximum absolute atomic E-state index is 5.45. The van der Waals surface area contributed by atoms with E-state index in [4.69, 9.17) is 22.7 Å². The van der Waals surface area contributed by atoms with Gasteiger partial charge in [0.2, 0.25) is 0 Å². The fourth-order valence-electron chi connectivity index (χ4n) is 0.582. The second-order valence-electron chi connectivity index (χ2n) is 1.82. The molecule has 0 fully saturated rings. The van der Waals surface area contributed by atoms with E-state index in [2.05, 4.69) is 4.98 Å². The third-order valence-electron chi connectivity index (χ3n) is 1.14. The van der Waals surface area contributed by atoms with Gasteiger partial charge in [0.1, 0.15) is 0 Å². The van der Waals surface area contributed by atoms with Gasteiger partial charge in [0.05, 0.1) is 17.3 Å². The smallest absolute Gasteiger partial charge is 0.191 e. The molecular weight excluding hydrogens is 148 g/mol. The molecule has 10 heavy (non-hydrogen) atoms. The monoisotopic (exact) mass is 156 g/mol. The first-order valence-electron chi connectivity index (χ1n) is 2.76. The van der Waals surface area contributed by atoms with E-state index in [9.17, 15) is 0 Å². The summed E-state index contributed by atoms with van der Waals surface area (Å²) in [5, 5.41) is 0. The highest BCUT2D eigenvalue weighted by Gasteiger charge is 1.91. The number of hydrogen-bond acceptors (Lipinski definition) is 3. The van der Waals surface area contributed by atoms with E-state index >= 15 is 0 Å². The normalized spacial score (nSPS) is 9.30. The molecule has 0 aromatic carbocycles. The van der Waals surface area contributed by atoms with Gasteiger partial charge in [0.15, 0.2) is 5.88 Å². The van der Waals surface area contributed by atoms with Gasteiger partial charge >= 0.3 is 0 Å². The number of rotatable bonds is 1. The van der Waals surface area contributed by atoms with Crippen LogP contribution in [-0.4, -0.2) is 12.1 Å². The van der Waals surface area contributed by atoms with Crippen LogP contribution in [0.2, 0.25) is 0 Å². The van der Waals surface area contributed by atoms with Crippen molar-refractivity contribution in [3.05, 3.63) is 16.8 Å². The van der Waals surface area contributed by atoms with E-state index in [1.165, 1.54) is 0 Å². The van der Waals surface area contributed by atoms with E-state index in [1.807, 2.05) is 0 Å². The van der Waals surface area contributed by atoms with E-state index in [-0.39, 0.29) is 0 Å². The Morgan fingerprint density at radius 2 is 2.40 bits per heavy atom. The minimum atomic E-state index is 0.566. The maximum Gasteiger partial charge on any atom is 0.191 e. The number of nitrogen functional groups attached to an aromatic ring is 1. The van der Waals surface area contributed by atoms with Crippen LogP contribution >= 0.6 is 12.2 Å². The first-order valence-corrected chi connectivity index (χ1v) is 3.17. The van der Waals surface area contributed by atoms with Gasteiger partial charge in [-0.25, -0.2) is 0 Å². The molecule has 0 unspecified atom stereocenters. The first-order chi connectivity index (χ1) is 4.74. The molecule has 0 radical (unpaired) electrons. The average molecular weight is 156 g/mol. The zero-order valence-corrected chi connectivity index (χ0v) is 6.37. The quantitative estimate of drug-likeness (QED) is 0.603. The Hall–Kier alpha value is -1.03. The van der Waals surface area contributed by atoms with Crippen molar-refractivity contribution < 1.29 is 4.74 Å². The molecule has 54 valence electrons. The molecule has 1 aromatic heterocycles. The van der Waals surface area contributed by atoms with Crippen molar-refractivity contribution in [2.24, 2.45) is 0 Å². The summed E-state index contributed by atoms with van der Waals surface area (Å²) >= 11 is 4.88. The molecule has 4 heteroatoms. The van der Waals surface area contributed by atoms with Crippen molar-refractivity contribution in [2.45, 2.75) is 0 Å². The van der Waals surface area contributed by atoms with E-state index in [1.54, 1.807) is 19.4 Å². The fourth-order valence-corrected chi connectivity index (χ4v) is 0.748. The number of aromatic amines is 1. The number of nitrogens with one attached hydrogen (secondary N) is 1. The lowest BCUT2D eigenvalue weighted by atomic mass is 10.4. The van der Waals surface area contributed by atoms with Gasteiger partial charge in [0, 0.05) is 12.3 Å². The molecule has 3 nitrogen and oxygen atoms in total. The summed E-state index contributed by atoms with van der Waals surface area (Å²) in [6, 6.07) is 1.67. The molecule has 3 N–H and O–H groups in total. The highest BCUT2D eigenvalue weighted by molar-refractivity contribution is 7.71. The van der Waals surface area contributed by atoms with Crippen LogP contribution in [0.25, 0.3) is 0 Å². The number of methoxy groups -OCH3 is 1. The zero-order chi connectivity index (χ0) is 7.56. The number of aromatic nitrogens is 1. The molecule has 1 rings (SSSR count). The Bertz CT molecular complexity index is 281. The molecule has 0 aliphatic rings. The minimum Gasteiger partial charge on any atom is -0.482 e. The predicted octanol–water partition coefficient (Wildman–Crippen LogP) is 1.33. The van der Waals surface area contributed by atoms with E-state index in [0.29, 0.717) is 16.1 Å². The molecule has 0 atom stereocenters. The molecule has 0 saturated carbocycles. The number of ether oxygens (including phenoxy) is 1. The highest BCUT2D eigenvalue weighted by atomic mass is 32.1. The van der Waals surface area contributed by atoms with Crippen LogP contribution in [0, 0.1) is 4.51 Å². The summed E-state index contributed by atoms with van der Waals surface area (Å²) in [6.07, 6.45) is 1.61. The third-order valence-corrected chi connectivity index (χ3v) is 1.49. The first kappa shape index (κ1) is 7.08. The molecule has 0 saturated heterocycles. The molecule has 0 aliphatic carbocycles. The topological polar surface area (TPSA) is 51.0 Å². The summed E-state index contributed by atoms with van der Waals surface area (Å²) < 4.78 is 5.48. The van der Waals surface area contributed by atoms with Gasteiger partial charge < -0.3 is 15.5 Å². The Kier molecular flexibility index (Phi) is 1.91. The van der Waals surface area contributed by atoms with Crippen LogP contribution in [0.5, 0.6) is 5.88 Å². The molecule has 0 bridgehead atoms. The van der Waals surface area contributed by atoms with Crippen LogP contribution in [0.1, 0.15) is 0 Å². The number of nitrogens with two attached hydrogens (primary N) is 1. The number of hydrogen-bond donors (Lipinski definition) is 2. The lowest BCUT2D eigenvalue weighted by Gasteiger charge is -1.98. The lowest BCUT2D eigenvalue weighted by molar-refractivity contribution is 0.398. The van der Waals surface area contributed by atoms with Gasteiger partial charge in [-0.1, -0.05) is 12.2 Å². The number of H-pyrrole nitrogens is 1.